The summed E-state index contributed by atoms with van der Waals surface area (Å²) in [6.45, 7) is 3.33. The molecule has 0 saturated carbocycles. The molecule has 2 aromatic carbocycles. The summed E-state index contributed by atoms with van der Waals surface area (Å²) in [5, 5.41) is 10.9. The molecule has 2 heterocycles. The van der Waals surface area contributed by atoms with Gasteiger partial charge in [0.15, 0.2) is 0 Å². The lowest BCUT2D eigenvalue weighted by molar-refractivity contribution is 0.133. The lowest BCUT2D eigenvalue weighted by Crippen LogP contribution is -2.39. The van der Waals surface area contributed by atoms with E-state index in [1.165, 1.54) is 41.3 Å². The van der Waals surface area contributed by atoms with Crippen LogP contribution in [0.4, 0.5) is 0 Å². The van der Waals surface area contributed by atoms with Crippen molar-refractivity contribution in [2.45, 2.75) is 45.0 Å². The fourth-order valence-electron chi connectivity index (χ4n) is 4.83. The molecule has 0 fully saturated rings. The minimum Gasteiger partial charge on any atom is -0.392 e. The first-order chi connectivity index (χ1) is 12.3. The molecule has 1 aromatic heterocycles. The van der Waals surface area contributed by atoms with Gasteiger partial charge < -0.3 is 9.67 Å². The number of fused-ring (bicyclic) bond motifs is 3. The Morgan fingerprint density at radius 1 is 1.00 bits per heavy atom. The van der Waals surface area contributed by atoms with Gasteiger partial charge >= 0.3 is 0 Å². The van der Waals surface area contributed by atoms with Crippen molar-refractivity contribution in [1.29, 1.82) is 0 Å². The summed E-state index contributed by atoms with van der Waals surface area (Å²) in [6.07, 6.45) is 3.68. The molecule has 1 N–H and O–H groups in total. The second-order valence-electron chi connectivity index (χ2n) is 7.39. The van der Waals surface area contributed by atoms with Gasteiger partial charge in [0.05, 0.1) is 12.6 Å². The van der Waals surface area contributed by atoms with Crippen LogP contribution in [0, 0.1) is 0 Å². The summed E-state index contributed by atoms with van der Waals surface area (Å²) >= 11 is 0. The van der Waals surface area contributed by atoms with E-state index >= 15 is 0 Å². The van der Waals surface area contributed by atoms with Crippen LogP contribution < -0.4 is 0 Å². The van der Waals surface area contributed by atoms with Crippen molar-refractivity contribution in [2.75, 3.05) is 6.54 Å². The van der Waals surface area contributed by atoms with Crippen LogP contribution in [0.1, 0.15) is 41.3 Å². The molecule has 0 amide bonds. The van der Waals surface area contributed by atoms with Crippen LogP contribution in [-0.2, 0) is 26.1 Å². The van der Waals surface area contributed by atoms with Crippen molar-refractivity contribution < 1.29 is 5.11 Å². The average molecular weight is 332 g/mol. The molecule has 3 heteroatoms. The minimum atomic E-state index is 0.124. The summed E-state index contributed by atoms with van der Waals surface area (Å²) in [4.78, 5) is 2.67. The van der Waals surface area contributed by atoms with Gasteiger partial charge in [0.25, 0.3) is 0 Å². The van der Waals surface area contributed by atoms with Gasteiger partial charge in [0, 0.05) is 36.2 Å². The molecule has 1 atom stereocenters. The van der Waals surface area contributed by atoms with Crippen molar-refractivity contribution in [3.8, 4) is 0 Å². The Kier molecular flexibility index (Phi) is 3.65. The summed E-state index contributed by atoms with van der Waals surface area (Å²) < 4.78 is 2.55. The summed E-state index contributed by atoms with van der Waals surface area (Å²) in [5.74, 6) is 0. The third-order valence-electron chi connectivity index (χ3n) is 5.96. The molecule has 1 unspecified atom stereocenters. The van der Waals surface area contributed by atoms with Crippen LogP contribution >= 0.6 is 0 Å². The normalized spacial score (nSPS) is 20.0. The van der Waals surface area contributed by atoms with Crippen LogP contribution in [0.3, 0.4) is 0 Å². The Labute approximate surface area is 148 Å². The monoisotopic (exact) mass is 332 g/mol. The van der Waals surface area contributed by atoms with E-state index in [0.29, 0.717) is 6.04 Å². The molecule has 128 valence electrons. The molecule has 0 radical (unpaired) electrons. The first kappa shape index (κ1) is 15.2. The predicted octanol–water partition coefficient (Wildman–Crippen LogP) is 4.03. The van der Waals surface area contributed by atoms with Gasteiger partial charge in [-0.1, -0.05) is 36.4 Å². The number of aryl methyl sites for hydroxylation is 1. The van der Waals surface area contributed by atoms with E-state index in [2.05, 4.69) is 58.0 Å². The number of aromatic nitrogens is 1. The van der Waals surface area contributed by atoms with Gasteiger partial charge in [-0.3, -0.25) is 4.90 Å². The Hall–Kier alpha value is -2.10. The molecule has 0 bridgehead atoms. The zero-order chi connectivity index (χ0) is 16.8. The lowest BCUT2D eigenvalue weighted by Gasteiger charge is -2.40. The van der Waals surface area contributed by atoms with E-state index in [1.807, 2.05) is 0 Å². The molecule has 5 rings (SSSR count). The lowest BCUT2D eigenvalue weighted by atomic mass is 9.89. The average Bonchev–Trinajstić information content (AvgIpc) is 2.99. The third kappa shape index (κ3) is 2.42. The topological polar surface area (TPSA) is 28.4 Å². The number of nitrogens with zero attached hydrogens (tertiary/aromatic N) is 2. The third-order valence-corrected chi connectivity index (χ3v) is 5.96. The molecule has 2 aliphatic rings. The van der Waals surface area contributed by atoms with Crippen molar-refractivity contribution >= 4 is 10.9 Å². The van der Waals surface area contributed by atoms with Crippen LogP contribution in [0.2, 0.25) is 0 Å². The van der Waals surface area contributed by atoms with Gasteiger partial charge in [0.2, 0.25) is 0 Å². The number of hydrogen-bond acceptors (Lipinski definition) is 2. The smallest absolute Gasteiger partial charge is 0.0682 e. The van der Waals surface area contributed by atoms with Crippen LogP contribution in [-0.4, -0.2) is 21.1 Å². The van der Waals surface area contributed by atoms with Crippen molar-refractivity contribution in [2.24, 2.45) is 0 Å². The Balaban J connectivity index is 1.59. The standard InChI is InChI=1S/C22H24N2O/c25-15-17-9-10-20-19(13-17)18-7-4-8-21-22(18)24(20)12-11-23(21)14-16-5-2-1-3-6-16/h1-3,5-6,9-10,13,21,25H,4,7-8,11-12,14-15H2. The van der Waals surface area contributed by atoms with E-state index in [9.17, 15) is 5.11 Å². The van der Waals surface area contributed by atoms with Gasteiger partial charge in [-0.2, -0.15) is 0 Å². The molecule has 3 aromatic rings. The van der Waals surface area contributed by atoms with Crippen molar-refractivity contribution in [3.05, 3.63) is 70.9 Å². The fourth-order valence-corrected chi connectivity index (χ4v) is 4.83. The van der Waals surface area contributed by atoms with E-state index in [-0.39, 0.29) is 6.61 Å². The maximum absolute atomic E-state index is 9.52. The quantitative estimate of drug-likeness (QED) is 0.784. The van der Waals surface area contributed by atoms with Crippen LogP contribution in [0.25, 0.3) is 10.9 Å². The maximum atomic E-state index is 9.52. The second kappa shape index (κ2) is 6.01. The first-order valence-electron chi connectivity index (χ1n) is 9.38. The Bertz CT molecular complexity index is 913. The molecule has 1 aliphatic carbocycles. The highest BCUT2D eigenvalue weighted by Crippen LogP contribution is 2.43. The van der Waals surface area contributed by atoms with Crippen molar-refractivity contribution in [3.63, 3.8) is 0 Å². The number of benzene rings is 2. The summed E-state index contributed by atoms with van der Waals surface area (Å²) in [5.41, 5.74) is 6.85. The summed E-state index contributed by atoms with van der Waals surface area (Å²) in [7, 11) is 0. The van der Waals surface area contributed by atoms with Gasteiger partial charge in [-0.05, 0) is 48.1 Å². The fraction of sp³-hybridized carbons (Fsp3) is 0.364. The zero-order valence-electron chi connectivity index (χ0n) is 14.5. The number of rotatable bonds is 3. The highest BCUT2D eigenvalue weighted by atomic mass is 16.3. The van der Waals surface area contributed by atoms with Crippen molar-refractivity contribution in [1.82, 2.24) is 9.47 Å². The molecule has 25 heavy (non-hydrogen) atoms. The molecule has 0 saturated heterocycles. The zero-order valence-corrected chi connectivity index (χ0v) is 14.5. The number of hydrogen-bond donors (Lipinski definition) is 1. The number of aliphatic hydroxyl groups excluding tert-OH is 1. The van der Waals surface area contributed by atoms with Crippen LogP contribution in [0.5, 0.6) is 0 Å². The SMILES string of the molecule is OCc1ccc2c(c1)c1c3n2CCN(Cc2ccccc2)C3CCC1. The maximum Gasteiger partial charge on any atom is 0.0682 e. The van der Waals surface area contributed by atoms with E-state index < -0.39 is 0 Å². The summed E-state index contributed by atoms with van der Waals surface area (Å²) in [6, 6.07) is 17.9. The highest BCUT2D eigenvalue weighted by molar-refractivity contribution is 5.87. The molecule has 0 spiro atoms. The van der Waals surface area contributed by atoms with Gasteiger partial charge in [0.1, 0.15) is 0 Å². The van der Waals surface area contributed by atoms with Crippen LogP contribution in [0.15, 0.2) is 48.5 Å². The highest BCUT2D eigenvalue weighted by Gasteiger charge is 2.34. The largest absolute Gasteiger partial charge is 0.392 e. The second-order valence-corrected chi connectivity index (χ2v) is 7.39. The Morgan fingerprint density at radius 3 is 2.72 bits per heavy atom. The Morgan fingerprint density at radius 2 is 1.88 bits per heavy atom. The minimum absolute atomic E-state index is 0.124. The number of aliphatic hydroxyl groups is 1. The van der Waals surface area contributed by atoms with E-state index in [1.54, 1.807) is 5.69 Å². The predicted molar refractivity (Wildman–Crippen MR) is 100 cm³/mol. The van der Waals surface area contributed by atoms with Gasteiger partial charge in [-0.15, -0.1) is 0 Å². The molecular formula is C22H24N2O. The van der Waals surface area contributed by atoms with E-state index in [4.69, 9.17) is 0 Å². The first-order valence-corrected chi connectivity index (χ1v) is 9.38. The van der Waals surface area contributed by atoms with E-state index in [0.717, 1.165) is 25.2 Å². The molecule has 1 aliphatic heterocycles. The molecule has 3 nitrogen and oxygen atoms in total. The molecular weight excluding hydrogens is 308 g/mol. The van der Waals surface area contributed by atoms with Gasteiger partial charge in [-0.25, -0.2) is 0 Å².